The lowest BCUT2D eigenvalue weighted by atomic mass is 10.1. The molecule has 0 spiro atoms. The van der Waals surface area contributed by atoms with Crippen LogP contribution in [0.2, 0.25) is 0 Å². The molecule has 0 fully saturated rings. The summed E-state index contributed by atoms with van der Waals surface area (Å²) in [5.74, 6) is -0.293. The number of thioether (sulfide) groups is 1. The normalized spacial score (nSPS) is 14.8. The molecule has 5 nitrogen and oxygen atoms in total. The highest BCUT2D eigenvalue weighted by Gasteiger charge is 2.32. The van der Waals surface area contributed by atoms with E-state index in [0.717, 1.165) is 22.1 Å². The van der Waals surface area contributed by atoms with Crippen molar-refractivity contribution in [3.63, 3.8) is 0 Å². The van der Waals surface area contributed by atoms with Crippen molar-refractivity contribution in [1.29, 1.82) is 0 Å². The molecule has 4 aromatic rings. The third-order valence-electron chi connectivity index (χ3n) is 5.36. The predicted molar refractivity (Wildman–Crippen MR) is 134 cm³/mol. The number of aryl methyl sites for hydroxylation is 1. The number of hydrogen-bond donors (Lipinski definition) is 0. The maximum atomic E-state index is 13.5. The minimum atomic E-state index is -0.432. The van der Waals surface area contributed by atoms with Crippen LogP contribution in [-0.4, -0.2) is 11.1 Å². The van der Waals surface area contributed by atoms with Gasteiger partial charge in [-0.05, 0) is 60.0 Å². The molecule has 2 heterocycles. The first kappa shape index (κ1) is 21.9. The summed E-state index contributed by atoms with van der Waals surface area (Å²) < 4.78 is 18.9. The summed E-state index contributed by atoms with van der Waals surface area (Å²) in [4.78, 5) is 31.5. The van der Waals surface area contributed by atoms with Crippen LogP contribution in [-0.2, 0) is 10.5 Å². The van der Waals surface area contributed by atoms with Crippen LogP contribution in [0, 0.1) is 12.7 Å². The summed E-state index contributed by atoms with van der Waals surface area (Å²) in [6.07, 6.45) is 1.72. The molecule has 7 heteroatoms. The number of nitrogens with zero attached hydrogens (tertiary/aromatic N) is 2. The molecule has 1 aliphatic heterocycles. The molecule has 34 heavy (non-hydrogen) atoms. The monoisotopic (exact) mass is 470 g/mol. The first-order chi connectivity index (χ1) is 16.5. The number of anilines is 1. The summed E-state index contributed by atoms with van der Waals surface area (Å²) in [7, 11) is 0. The molecule has 0 saturated carbocycles. The van der Waals surface area contributed by atoms with Crippen molar-refractivity contribution in [2.75, 3.05) is 4.90 Å². The molecule has 5 rings (SSSR count). The molecule has 1 amide bonds. The number of hydrogen-bond acceptors (Lipinski definition) is 5. The van der Waals surface area contributed by atoms with Gasteiger partial charge in [-0.25, -0.2) is 14.2 Å². The fourth-order valence-electron chi connectivity index (χ4n) is 3.72. The first-order valence-corrected chi connectivity index (χ1v) is 11.6. The molecule has 0 radical (unpaired) electrons. The van der Waals surface area contributed by atoms with Gasteiger partial charge < -0.3 is 4.42 Å². The first-order valence-electron chi connectivity index (χ1n) is 10.6. The van der Waals surface area contributed by atoms with E-state index in [9.17, 15) is 14.0 Å². The molecular formula is C27H19FN2O3S. The molecule has 0 bridgehead atoms. The molecule has 1 aromatic heterocycles. The number of carbonyl (C=O) groups is 1. The van der Waals surface area contributed by atoms with Gasteiger partial charge >= 0.3 is 5.63 Å². The van der Waals surface area contributed by atoms with Crippen LogP contribution in [0.5, 0.6) is 0 Å². The number of halogens is 1. The van der Waals surface area contributed by atoms with E-state index in [0.29, 0.717) is 22.2 Å². The Balaban J connectivity index is 1.52. The predicted octanol–water partition coefficient (Wildman–Crippen LogP) is 5.92. The van der Waals surface area contributed by atoms with E-state index in [1.807, 2.05) is 55.5 Å². The zero-order valence-corrected chi connectivity index (χ0v) is 19.0. The quantitative estimate of drug-likeness (QED) is 0.274. The van der Waals surface area contributed by atoms with Crippen LogP contribution < -0.4 is 10.5 Å². The highest BCUT2D eigenvalue weighted by molar-refractivity contribution is 8.13. The zero-order chi connectivity index (χ0) is 23.7. The Morgan fingerprint density at radius 1 is 1.00 bits per heavy atom. The number of carbonyl (C=O) groups excluding carboxylic acids is 1. The lowest BCUT2D eigenvalue weighted by Gasteiger charge is -2.18. The molecule has 0 saturated heterocycles. The van der Waals surface area contributed by atoms with Gasteiger partial charge in [0.1, 0.15) is 17.1 Å². The zero-order valence-electron chi connectivity index (χ0n) is 18.2. The highest BCUT2D eigenvalue weighted by Crippen LogP contribution is 2.32. The molecular weight excluding hydrogens is 451 g/mol. The second-order valence-corrected chi connectivity index (χ2v) is 8.77. The molecule has 0 unspecified atom stereocenters. The van der Waals surface area contributed by atoms with E-state index in [1.54, 1.807) is 18.2 Å². The maximum Gasteiger partial charge on any atom is 0.336 e. The largest absolute Gasteiger partial charge is 0.423 e. The standard InChI is InChI=1S/C27H19FN2O3S/c1-17-7-12-22-19(15-25(31)33-24(22)13-17)16-34-27-29-23(14-18-5-3-2-4-6-18)26(32)30(27)21-10-8-20(28)9-11-21/h2-15H,16H2,1H3. The minimum absolute atomic E-state index is 0.283. The lowest BCUT2D eigenvalue weighted by molar-refractivity contribution is -0.113. The summed E-state index contributed by atoms with van der Waals surface area (Å²) in [6, 6.07) is 22.3. The maximum absolute atomic E-state index is 13.5. The van der Waals surface area contributed by atoms with E-state index in [4.69, 9.17) is 4.42 Å². The number of fused-ring (bicyclic) bond motifs is 1. The van der Waals surface area contributed by atoms with Crippen molar-refractivity contribution in [3.05, 3.63) is 117 Å². The fraction of sp³-hybridized carbons (Fsp3) is 0.0741. The Hall–Kier alpha value is -3.97. The van der Waals surface area contributed by atoms with Crippen molar-refractivity contribution in [3.8, 4) is 0 Å². The summed E-state index contributed by atoms with van der Waals surface area (Å²) in [5, 5.41) is 1.28. The summed E-state index contributed by atoms with van der Waals surface area (Å²) >= 11 is 1.33. The Bertz CT molecular complexity index is 1510. The molecule has 168 valence electrons. The Morgan fingerprint density at radius 3 is 2.53 bits per heavy atom. The van der Waals surface area contributed by atoms with Crippen LogP contribution in [0.1, 0.15) is 16.7 Å². The number of benzene rings is 3. The smallest absolute Gasteiger partial charge is 0.336 e. The van der Waals surface area contributed by atoms with Gasteiger partial charge in [0.25, 0.3) is 5.91 Å². The molecule has 0 atom stereocenters. The second kappa shape index (κ2) is 9.11. The van der Waals surface area contributed by atoms with Crippen molar-refractivity contribution < 1.29 is 13.6 Å². The highest BCUT2D eigenvalue weighted by atomic mass is 32.2. The molecule has 0 aliphatic carbocycles. The van der Waals surface area contributed by atoms with E-state index < -0.39 is 5.63 Å². The van der Waals surface area contributed by atoms with Crippen LogP contribution in [0.15, 0.2) is 98.8 Å². The van der Waals surface area contributed by atoms with Gasteiger partial charge in [-0.3, -0.25) is 9.69 Å². The van der Waals surface area contributed by atoms with Crippen molar-refractivity contribution in [2.24, 2.45) is 4.99 Å². The van der Waals surface area contributed by atoms with E-state index in [2.05, 4.69) is 4.99 Å². The summed E-state index contributed by atoms with van der Waals surface area (Å²) in [6.45, 7) is 1.93. The Kier molecular flexibility index (Phi) is 5.86. The SMILES string of the molecule is Cc1ccc2c(CSC3=NC(=Cc4ccccc4)C(=O)N3c3ccc(F)cc3)cc(=O)oc2c1. The van der Waals surface area contributed by atoms with Crippen LogP contribution >= 0.6 is 11.8 Å². The van der Waals surface area contributed by atoms with Crippen LogP contribution in [0.4, 0.5) is 10.1 Å². The van der Waals surface area contributed by atoms with E-state index >= 15 is 0 Å². The Morgan fingerprint density at radius 2 is 1.76 bits per heavy atom. The van der Waals surface area contributed by atoms with Crippen molar-refractivity contribution in [2.45, 2.75) is 12.7 Å². The van der Waals surface area contributed by atoms with Gasteiger partial charge in [-0.15, -0.1) is 0 Å². The molecule has 0 N–H and O–H groups in total. The van der Waals surface area contributed by atoms with Gasteiger partial charge in [-0.1, -0.05) is 54.2 Å². The summed E-state index contributed by atoms with van der Waals surface area (Å²) in [5.41, 5.74) is 3.51. The average molecular weight is 471 g/mol. The molecule has 1 aliphatic rings. The number of amides is 1. The van der Waals surface area contributed by atoms with Crippen LogP contribution in [0.25, 0.3) is 17.0 Å². The van der Waals surface area contributed by atoms with E-state index in [1.165, 1.54) is 34.9 Å². The third-order valence-corrected chi connectivity index (χ3v) is 6.35. The topological polar surface area (TPSA) is 62.9 Å². The molecule has 3 aromatic carbocycles. The number of aliphatic imine (C=N–C) groups is 1. The van der Waals surface area contributed by atoms with Crippen molar-refractivity contribution >= 4 is 45.6 Å². The van der Waals surface area contributed by atoms with Gasteiger partial charge in [0, 0.05) is 17.2 Å². The number of rotatable bonds is 4. The third kappa shape index (κ3) is 4.43. The van der Waals surface area contributed by atoms with Gasteiger partial charge in [0.15, 0.2) is 5.17 Å². The average Bonchev–Trinajstić information content (AvgIpc) is 3.13. The van der Waals surface area contributed by atoms with Gasteiger partial charge in [0.2, 0.25) is 0 Å². The van der Waals surface area contributed by atoms with Gasteiger partial charge in [0.05, 0.1) is 5.69 Å². The Labute approximate surface area is 199 Å². The van der Waals surface area contributed by atoms with Gasteiger partial charge in [-0.2, -0.15) is 0 Å². The number of amidine groups is 1. The van der Waals surface area contributed by atoms with E-state index in [-0.39, 0.29) is 17.4 Å². The van der Waals surface area contributed by atoms with Crippen molar-refractivity contribution in [1.82, 2.24) is 0 Å². The second-order valence-electron chi connectivity index (χ2n) is 7.83. The minimum Gasteiger partial charge on any atom is -0.423 e. The fourth-order valence-corrected chi connectivity index (χ4v) is 4.72. The van der Waals surface area contributed by atoms with Crippen LogP contribution in [0.3, 0.4) is 0 Å². The lowest BCUT2D eigenvalue weighted by Crippen LogP contribution is -2.30.